The fourth-order valence-corrected chi connectivity index (χ4v) is 2.06. The molecule has 80 valence electrons. The van der Waals surface area contributed by atoms with Gasteiger partial charge >= 0.3 is 0 Å². The molecule has 2 rings (SSSR count). The zero-order valence-electron chi connectivity index (χ0n) is 9.29. The molecule has 1 aliphatic rings. The summed E-state index contributed by atoms with van der Waals surface area (Å²) in [6, 6.07) is 8.35. The van der Waals surface area contributed by atoms with Gasteiger partial charge < -0.3 is 5.32 Å². The average molecular weight is 203 g/mol. The highest BCUT2D eigenvalue weighted by atomic mass is 16.1. The number of hydrogen-bond donors (Lipinski definition) is 1. The van der Waals surface area contributed by atoms with Gasteiger partial charge in [0, 0.05) is 12.5 Å². The van der Waals surface area contributed by atoms with E-state index in [9.17, 15) is 4.79 Å². The van der Waals surface area contributed by atoms with Crippen LogP contribution in [0.15, 0.2) is 24.3 Å². The molecule has 1 aliphatic heterocycles. The van der Waals surface area contributed by atoms with Crippen LogP contribution in [0, 0.1) is 5.92 Å². The molecule has 0 bridgehead atoms. The second kappa shape index (κ2) is 4.15. The van der Waals surface area contributed by atoms with Gasteiger partial charge in [0.15, 0.2) is 5.78 Å². The molecule has 0 fully saturated rings. The number of carbonyl (C=O) groups is 1. The zero-order valence-corrected chi connectivity index (χ0v) is 9.29. The average Bonchev–Trinajstić information content (AvgIpc) is 2.27. The molecule has 15 heavy (non-hydrogen) atoms. The number of benzene rings is 1. The van der Waals surface area contributed by atoms with Crippen molar-refractivity contribution in [1.29, 1.82) is 0 Å². The lowest BCUT2D eigenvalue weighted by molar-refractivity contribution is -0.124. The van der Waals surface area contributed by atoms with E-state index in [-0.39, 0.29) is 12.0 Å². The van der Waals surface area contributed by atoms with Crippen molar-refractivity contribution in [3.63, 3.8) is 0 Å². The molecule has 0 unspecified atom stereocenters. The maximum absolute atomic E-state index is 11.8. The summed E-state index contributed by atoms with van der Waals surface area (Å²) in [5, 5.41) is 3.31. The number of fused-ring (bicyclic) bond motifs is 1. The largest absolute Gasteiger partial charge is 0.303 e. The number of nitrogens with one attached hydrogen (secondary N) is 1. The van der Waals surface area contributed by atoms with Gasteiger partial charge in [-0.25, -0.2) is 0 Å². The zero-order chi connectivity index (χ0) is 10.8. The van der Waals surface area contributed by atoms with Crippen molar-refractivity contribution in [2.24, 2.45) is 5.92 Å². The van der Waals surface area contributed by atoms with Crippen molar-refractivity contribution in [3.8, 4) is 0 Å². The Morgan fingerprint density at radius 3 is 2.67 bits per heavy atom. The molecule has 1 aromatic carbocycles. The molecule has 2 heteroatoms. The van der Waals surface area contributed by atoms with Crippen LogP contribution in [0.4, 0.5) is 0 Å². The summed E-state index contributed by atoms with van der Waals surface area (Å²) in [6.07, 6.45) is 0.840. The summed E-state index contributed by atoms with van der Waals surface area (Å²) < 4.78 is 0. The highest BCUT2D eigenvalue weighted by molar-refractivity contribution is 5.86. The summed E-state index contributed by atoms with van der Waals surface area (Å²) in [4.78, 5) is 11.8. The normalized spacial score (nSPS) is 20.1. The monoisotopic (exact) mass is 203 g/mol. The van der Waals surface area contributed by atoms with Gasteiger partial charge in [-0.3, -0.25) is 4.79 Å². The minimum atomic E-state index is 0.0138. The van der Waals surface area contributed by atoms with Crippen LogP contribution in [0.3, 0.4) is 0 Å². The topological polar surface area (TPSA) is 29.1 Å². The third kappa shape index (κ3) is 2.10. The Hall–Kier alpha value is -1.15. The van der Waals surface area contributed by atoms with Crippen molar-refractivity contribution >= 4 is 5.78 Å². The molecular weight excluding hydrogens is 186 g/mol. The Balaban J connectivity index is 2.15. The molecule has 0 saturated carbocycles. The SMILES string of the molecule is CC(C)C(=O)[C@H]1Cc2ccccc2CN1. The van der Waals surface area contributed by atoms with Gasteiger partial charge in [0.25, 0.3) is 0 Å². The molecular formula is C13H17NO. The lowest BCUT2D eigenvalue weighted by Gasteiger charge is -2.26. The molecule has 1 atom stereocenters. The quantitative estimate of drug-likeness (QED) is 0.795. The van der Waals surface area contributed by atoms with Crippen molar-refractivity contribution < 1.29 is 4.79 Å². The lowest BCUT2D eigenvalue weighted by atomic mass is 9.90. The highest BCUT2D eigenvalue weighted by Crippen LogP contribution is 2.18. The van der Waals surface area contributed by atoms with Crippen LogP contribution in [0.5, 0.6) is 0 Å². The fraction of sp³-hybridized carbons (Fsp3) is 0.462. The first-order chi connectivity index (χ1) is 7.18. The van der Waals surface area contributed by atoms with Gasteiger partial charge in [0.05, 0.1) is 6.04 Å². The minimum absolute atomic E-state index is 0.0138. The Bertz CT molecular complexity index is 371. The van der Waals surface area contributed by atoms with E-state index in [0.717, 1.165) is 13.0 Å². The number of Topliss-reactive ketones (excluding diaryl/α,β-unsaturated/α-hetero) is 1. The number of carbonyl (C=O) groups excluding carboxylic acids is 1. The smallest absolute Gasteiger partial charge is 0.152 e. The molecule has 2 nitrogen and oxygen atoms in total. The Morgan fingerprint density at radius 1 is 1.33 bits per heavy atom. The summed E-state index contributed by atoms with van der Waals surface area (Å²) in [6.45, 7) is 4.74. The van der Waals surface area contributed by atoms with Crippen molar-refractivity contribution in [3.05, 3.63) is 35.4 Å². The Labute approximate surface area is 90.7 Å². The molecule has 0 spiro atoms. The minimum Gasteiger partial charge on any atom is -0.303 e. The van der Waals surface area contributed by atoms with E-state index in [0.29, 0.717) is 5.78 Å². The van der Waals surface area contributed by atoms with Gasteiger partial charge in [-0.2, -0.15) is 0 Å². The van der Waals surface area contributed by atoms with Gasteiger partial charge in [-0.05, 0) is 17.5 Å². The predicted octanol–water partition coefficient (Wildman–Crippen LogP) is 1.93. The molecule has 0 aliphatic carbocycles. The van der Waals surface area contributed by atoms with Crippen molar-refractivity contribution in [2.45, 2.75) is 32.9 Å². The van der Waals surface area contributed by atoms with E-state index < -0.39 is 0 Å². The Kier molecular flexibility index (Phi) is 2.87. The fourth-order valence-electron chi connectivity index (χ4n) is 2.06. The van der Waals surface area contributed by atoms with Crippen LogP contribution in [-0.2, 0) is 17.8 Å². The van der Waals surface area contributed by atoms with E-state index in [1.807, 2.05) is 26.0 Å². The van der Waals surface area contributed by atoms with Gasteiger partial charge in [-0.15, -0.1) is 0 Å². The van der Waals surface area contributed by atoms with Crippen molar-refractivity contribution in [2.75, 3.05) is 0 Å². The van der Waals surface area contributed by atoms with Gasteiger partial charge in [0.1, 0.15) is 0 Å². The first-order valence-corrected chi connectivity index (χ1v) is 5.52. The summed E-state index contributed by atoms with van der Waals surface area (Å²) in [7, 11) is 0. The molecule has 1 N–H and O–H groups in total. The summed E-state index contributed by atoms with van der Waals surface area (Å²) >= 11 is 0. The van der Waals surface area contributed by atoms with Crippen LogP contribution < -0.4 is 5.32 Å². The number of hydrogen-bond acceptors (Lipinski definition) is 2. The Morgan fingerprint density at radius 2 is 2.00 bits per heavy atom. The van der Waals surface area contributed by atoms with E-state index in [2.05, 4.69) is 17.4 Å². The predicted molar refractivity (Wildman–Crippen MR) is 60.6 cm³/mol. The van der Waals surface area contributed by atoms with E-state index in [4.69, 9.17) is 0 Å². The second-order valence-corrected chi connectivity index (χ2v) is 4.46. The first kappa shape index (κ1) is 10.4. The highest BCUT2D eigenvalue weighted by Gasteiger charge is 2.25. The standard InChI is InChI=1S/C13H17NO/c1-9(2)13(15)12-7-10-5-3-4-6-11(10)8-14-12/h3-6,9,12,14H,7-8H2,1-2H3/t12-/m1/s1. The maximum atomic E-state index is 11.8. The van der Waals surface area contributed by atoms with E-state index in [1.165, 1.54) is 11.1 Å². The third-order valence-electron chi connectivity index (χ3n) is 2.99. The van der Waals surface area contributed by atoms with Crippen LogP contribution in [0.25, 0.3) is 0 Å². The molecule has 0 amide bonds. The van der Waals surface area contributed by atoms with Crippen LogP contribution in [0.1, 0.15) is 25.0 Å². The van der Waals surface area contributed by atoms with Crippen molar-refractivity contribution in [1.82, 2.24) is 5.32 Å². The molecule has 0 saturated heterocycles. The summed E-state index contributed by atoms with van der Waals surface area (Å²) in [5.41, 5.74) is 2.64. The van der Waals surface area contributed by atoms with Crippen LogP contribution >= 0.6 is 0 Å². The second-order valence-electron chi connectivity index (χ2n) is 4.46. The van der Waals surface area contributed by atoms with E-state index >= 15 is 0 Å². The third-order valence-corrected chi connectivity index (χ3v) is 2.99. The van der Waals surface area contributed by atoms with E-state index in [1.54, 1.807) is 0 Å². The lowest BCUT2D eigenvalue weighted by Crippen LogP contribution is -2.43. The molecule has 1 heterocycles. The first-order valence-electron chi connectivity index (χ1n) is 5.52. The maximum Gasteiger partial charge on any atom is 0.152 e. The molecule has 0 aromatic heterocycles. The van der Waals surface area contributed by atoms with Gasteiger partial charge in [0.2, 0.25) is 0 Å². The molecule has 0 radical (unpaired) electrons. The van der Waals surface area contributed by atoms with Crippen LogP contribution in [0.2, 0.25) is 0 Å². The van der Waals surface area contributed by atoms with Crippen LogP contribution in [-0.4, -0.2) is 11.8 Å². The van der Waals surface area contributed by atoms with Gasteiger partial charge in [-0.1, -0.05) is 38.1 Å². The number of rotatable bonds is 2. The number of ketones is 1. The summed E-state index contributed by atoms with van der Waals surface area (Å²) in [5.74, 6) is 0.442. The molecule has 1 aromatic rings.